The van der Waals surface area contributed by atoms with Crippen LogP contribution in [0.4, 0.5) is 5.69 Å². The van der Waals surface area contributed by atoms with Crippen molar-refractivity contribution in [1.82, 2.24) is 5.32 Å². The smallest absolute Gasteiger partial charge is 0.343 e. The number of hydrogen-bond donors (Lipinski definition) is 1. The van der Waals surface area contributed by atoms with Crippen LogP contribution in [-0.4, -0.2) is 25.5 Å². The molecular weight excluding hydrogens is 328 g/mol. The van der Waals surface area contributed by atoms with Gasteiger partial charge in [0.2, 0.25) is 5.91 Å². The average molecular weight is 352 g/mol. The number of carbonyl (C=O) groups is 1. The second kappa shape index (κ2) is 6.63. The highest BCUT2D eigenvalue weighted by molar-refractivity contribution is 5.97. The van der Waals surface area contributed by atoms with Crippen LogP contribution in [0.1, 0.15) is 43.4 Å². The van der Waals surface area contributed by atoms with Gasteiger partial charge in [0, 0.05) is 41.8 Å². The lowest BCUT2D eigenvalue weighted by Crippen LogP contribution is -2.34. The summed E-state index contributed by atoms with van der Waals surface area (Å²) in [5.41, 5.74) is 5.08. The second-order valence-electron chi connectivity index (χ2n) is 7.15. The maximum atomic E-state index is 12.5. The van der Waals surface area contributed by atoms with Crippen molar-refractivity contribution >= 4 is 28.6 Å². The summed E-state index contributed by atoms with van der Waals surface area (Å²) >= 11 is 0. The number of nitrogens with zero attached hydrogens (tertiary/aromatic N) is 1. The number of carbonyl (C=O) groups excluding carboxylic acids is 1. The Morgan fingerprint density at radius 3 is 2.81 bits per heavy atom. The Morgan fingerprint density at radius 2 is 2.04 bits per heavy atom. The van der Waals surface area contributed by atoms with Crippen LogP contribution >= 0.6 is 0 Å². The number of nitrogens with one attached hydrogen (secondary N) is 1. The number of hydrogen-bond acceptors (Lipinski definition) is 4. The Kier molecular flexibility index (Phi) is 4.31. The summed E-state index contributed by atoms with van der Waals surface area (Å²) in [6.07, 6.45) is 5.89. The minimum atomic E-state index is -0.384. The van der Waals surface area contributed by atoms with E-state index in [2.05, 4.69) is 16.3 Å². The predicted molar refractivity (Wildman–Crippen MR) is 104 cm³/mol. The van der Waals surface area contributed by atoms with Gasteiger partial charge in [0.25, 0.3) is 0 Å². The molecule has 26 heavy (non-hydrogen) atoms. The molecule has 5 nitrogen and oxygen atoms in total. The molecule has 136 valence electrons. The normalized spacial score (nSPS) is 16.5. The van der Waals surface area contributed by atoms with Gasteiger partial charge in [-0.3, -0.25) is 4.79 Å². The van der Waals surface area contributed by atoms with E-state index in [0.717, 1.165) is 44.2 Å². The summed E-state index contributed by atoms with van der Waals surface area (Å²) in [6.45, 7) is 6.31. The lowest BCUT2D eigenvalue weighted by molar-refractivity contribution is -0.117. The molecule has 1 aromatic carbocycles. The highest BCUT2D eigenvalue weighted by Crippen LogP contribution is 2.39. The molecule has 1 aromatic heterocycles. The maximum absolute atomic E-state index is 12.5. The summed E-state index contributed by atoms with van der Waals surface area (Å²) in [4.78, 5) is 26.9. The number of rotatable bonds is 3. The number of benzene rings is 1. The summed E-state index contributed by atoms with van der Waals surface area (Å²) < 4.78 is 5.75. The van der Waals surface area contributed by atoms with Gasteiger partial charge in [-0.25, -0.2) is 4.79 Å². The van der Waals surface area contributed by atoms with E-state index in [9.17, 15) is 9.59 Å². The molecule has 0 aliphatic carbocycles. The lowest BCUT2D eigenvalue weighted by Gasteiger charge is -2.37. The van der Waals surface area contributed by atoms with E-state index in [0.29, 0.717) is 23.3 Å². The van der Waals surface area contributed by atoms with Crippen LogP contribution < -0.4 is 15.8 Å². The van der Waals surface area contributed by atoms with E-state index < -0.39 is 0 Å². The highest BCUT2D eigenvalue weighted by atomic mass is 16.4. The van der Waals surface area contributed by atoms with Gasteiger partial charge in [-0.2, -0.15) is 0 Å². The summed E-state index contributed by atoms with van der Waals surface area (Å²) in [7, 11) is 0. The van der Waals surface area contributed by atoms with Crippen molar-refractivity contribution in [3.63, 3.8) is 0 Å². The summed E-state index contributed by atoms with van der Waals surface area (Å²) in [5, 5.41) is 3.70. The van der Waals surface area contributed by atoms with Gasteiger partial charge in [0.15, 0.2) is 0 Å². The largest absolute Gasteiger partial charge is 0.422 e. The van der Waals surface area contributed by atoms with E-state index in [4.69, 9.17) is 4.42 Å². The first kappa shape index (κ1) is 16.9. The molecule has 0 saturated heterocycles. The molecule has 4 rings (SSSR count). The summed E-state index contributed by atoms with van der Waals surface area (Å²) in [6, 6.07) is 4.03. The zero-order valence-corrected chi connectivity index (χ0v) is 15.4. The third-order valence-corrected chi connectivity index (χ3v) is 5.31. The lowest BCUT2D eigenvalue weighted by atomic mass is 9.90. The Morgan fingerprint density at radius 1 is 1.27 bits per heavy atom. The van der Waals surface area contributed by atoms with Crippen molar-refractivity contribution in [2.75, 3.05) is 24.5 Å². The van der Waals surface area contributed by atoms with Crippen molar-refractivity contribution in [2.24, 2.45) is 0 Å². The third-order valence-electron chi connectivity index (χ3n) is 5.31. The van der Waals surface area contributed by atoms with Crippen molar-refractivity contribution in [3.05, 3.63) is 44.8 Å². The van der Waals surface area contributed by atoms with Crippen LogP contribution in [-0.2, 0) is 17.6 Å². The van der Waals surface area contributed by atoms with Crippen molar-refractivity contribution < 1.29 is 9.21 Å². The van der Waals surface area contributed by atoms with Crippen molar-refractivity contribution in [3.8, 4) is 0 Å². The minimum absolute atomic E-state index is 0.164. The molecular formula is C21H24N2O3. The number of amides is 1. The van der Waals surface area contributed by atoms with E-state index in [1.807, 2.05) is 13.0 Å². The Hall–Kier alpha value is -2.56. The molecule has 0 radical (unpaired) electrons. The van der Waals surface area contributed by atoms with Gasteiger partial charge in [0.05, 0.1) is 5.56 Å². The first-order valence-corrected chi connectivity index (χ1v) is 9.42. The van der Waals surface area contributed by atoms with Gasteiger partial charge in [-0.15, -0.1) is 0 Å². The fourth-order valence-corrected chi connectivity index (χ4v) is 4.16. The van der Waals surface area contributed by atoms with Crippen molar-refractivity contribution in [1.29, 1.82) is 0 Å². The molecule has 0 spiro atoms. The van der Waals surface area contributed by atoms with E-state index >= 15 is 0 Å². The fourth-order valence-electron chi connectivity index (χ4n) is 4.16. The van der Waals surface area contributed by atoms with E-state index in [-0.39, 0.29) is 11.5 Å². The van der Waals surface area contributed by atoms with Gasteiger partial charge in [-0.05, 0) is 63.3 Å². The summed E-state index contributed by atoms with van der Waals surface area (Å²) in [5.74, 6) is -0.164. The predicted octanol–water partition coefficient (Wildman–Crippen LogP) is 3.03. The molecule has 2 aliphatic heterocycles. The van der Waals surface area contributed by atoms with Crippen LogP contribution in [0, 0.1) is 0 Å². The molecule has 2 aliphatic rings. The quantitative estimate of drug-likeness (QED) is 0.681. The molecule has 1 N–H and O–H groups in total. The van der Waals surface area contributed by atoms with Crippen LogP contribution in [0.15, 0.2) is 26.9 Å². The molecule has 0 atom stereocenters. The first-order chi connectivity index (χ1) is 12.6. The van der Waals surface area contributed by atoms with Crippen LogP contribution in [0.3, 0.4) is 0 Å². The second-order valence-corrected chi connectivity index (χ2v) is 7.15. The topological polar surface area (TPSA) is 62.6 Å². The number of likely N-dealkylation sites (N-methyl/N-ethyl adjacent to an activating group) is 1. The zero-order valence-electron chi connectivity index (χ0n) is 15.4. The number of aryl methyl sites for hydroxylation is 2. The maximum Gasteiger partial charge on any atom is 0.343 e. The molecule has 2 aromatic rings. The SMILES string of the molecule is CCNC(=O)/C(C)=C/c1cc2cc3c4c(c2oc1=O)CCCN4CCC3. The molecule has 0 fully saturated rings. The molecule has 5 heteroatoms. The van der Waals surface area contributed by atoms with Crippen LogP contribution in [0.25, 0.3) is 17.0 Å². The third kappa shape index (κ3) is 2.81. The molecule has 0 bridgehead atoms. The monoisotopic (exact) mass is 352 g/mol. The molecule has 1 amide bonds. The standard InChI is InChI=1S/C21H24N2O3/c1-3-22-20(24)13(2)10-16-12-15-11-14-6-4-8-23-9-5-7-17(18(14)23)19(15)26-21(16)25/h10-12H,3-9H2,1-2H3,(H,22,24)/b13-10+. The Bertz CT molecular complexity index is 969. The highest BCUT2D eigenvalue weighted by Gasteiger charge is 2.27. The van der Waals surface area contributed by atoms with Gasteiger partial charge in [-0.1, -0.05) is 0 Å². The van der Waals surface area contributed by atoms with Crippen LogP contribution in [0.2, 0.25) is 0 Å². The zero-order chi connectivity index (χ0) is 18.3. The average Bonchev–Trinajstić information content (AvgIpc) is 2.63. The van der Waals surface area contributed by atoms with Crippen molar-refractivity contribution in [2.45, 2.75) is 39.5 Å². The molecule has 0 unspecified atom stereocenters. The van der Waals surface area contributed by atoms with E-state index in [1.54, 1.807) is 13.0 Å². The van der Waals surface area contributed by atoms with Gasteiger partial charge < -0.3 is 14.6 Å². The van der Waals surface area contributed by atoms with Crippen LogP contribution in [0.5, 0.6) is 0 Å². The molecule has 0 saturated carbocycles. The van der Waals surface area contributed by atoms with E-state index in [1.165, 1.54) is 16.8 Å². The van der Waals surface area contributed by atoms with Gasteiger partial charge in [0.1, 0.15) is 5.58 Å². The Balaban J connectivity index is 1.86. The number of anilines is 1. The first-order valence-electron chi connectivity index (χ1n) is 9.42. The minimum Gasteiger partial charge on any atom is -0.422 e. The fraction of sp³-hybridized carbons (Fsp3) is 0.429. The molecule has 3 heterocycles. The van der Waals surface area contributed by atoms with Gasteiger partial charge >= 0.3 is 5.63 Å². The Labute approximate surface area is 152 Å². The number of fused-ring (bicyclic) bond motifs is 2.